The van der Waals surface area contributed by atoms with Crippen molar-refractivity contribution in [3.05, 3.63) is 59.9 Å². The van der Waals surface area contributed by atoms with Crippen molar-refractivity contribution in [2.75, 3.05) is 10.6 Å². The van der Waals surface area contributed by atoms with E-state index >= 15 is 0 Å². The minimum atomic E-state index is 0.463. The molecule has 0 atom stereocenters. The molecule has 1 aromatic carbocycles. The molecule has 0 amide bonds. The summed E-state index contributed by atoms with van der Waals surface area (Å²) in [5.74, 6) is 1.40. The van der Waals surface area contributed by atoms with Crippen molar-refractivity contribution in [2.24, 2.45) is 7.05 Å². The number of nitrogens with one attached hydrogen (secondary N) is 2. The maximum Gasteiger partial charge on any atom is 0.177 e. The lowest BCUT2D eigenvalue weighted by molar-refractivity contribution is 0.687. The number of benzene rings is 1. The molecule has 3 aromatic rings. The fraction of sp³-hybridized carbons (Fsp3) is 0.188. The van der Waals surface area contributed by atoms with Crippen LogP contribution in [0, 0.1) is 6.92 Å². The smallest absolute Gasteiger partial charge is 0.177 e. The summed E-state index contributed by atoms with van der Waals surface area (Å²) < 4.78 is 3.59. The molecule has 0 aliphatic heterocycles. The number of rotatable bonds is 4. The molecule has 6 nitrogen and oxygen atoms in total. The van der Waals surface area contributed by atoms with Gasteiger partial charge in [0, 0.05) is 31.6 Å². The molecule has 0 saturated carbocycles. The number of nitrogens with zero attached hydrogens (tertiary/aromatic N) is 4. The van der Waals surface area contributed by atoms with Gasteiger partial charge in [-0.1, -0.05) is 24.3 Å². The molecule has 0 unspecified atom stereocenters. The molecule has 0 aliphatic rings. The average molecular weight is 326 g/mol. The Morgan fingerprint density at radius 3 is 2.43 bits per heavy atom. The molecule has 7 heteroatoms. The van der Waals surface area contributed by atoms with E-state index < -0.39 is 0 Å². The third-order valence-corrected chi connectivity index (χ3v) is 3.64. The van der Waals surface area contributed by atoms with Crippen molar-refractivity contribution in [2.45, 2.75) is 13.5 Å². The molecular formula is C16H18N6S. The van der Waals surface area contributed by atoms with Crippen LogP contribution in [0.5, 0.6) is 0 Å². The molecule has 0 spiro atoms. The van der Waals surface area contributed by atoms with Gasteiger partial charge in [-0.25, -0.2) is 0 Å². The Hall–Kier alpha value is -2.67. The van der Waals surface area contributed by atoms with Crippen molar-refractivity contribution in [1.82, 2.24) is 19.6 Å². The summed E-state index contributed by atoms with van der Waals surface area (Å²) >= 11 is 5.27. The van der Waals surface area contributed by atoms with E-state index in [1.807, 2.05) is 48.4 Å². The first-order valence-corrected chi connectivity index (χ1v) is 7.66. The zero-order valence-corrected chi connectivity index (χ0v) is 13.8. The molecule has 3 rings (SSSR count). The topological polar surface area (TPSA) is 59.7 Å². The first-order valence-electron chi connectivity index (χ1n) is 7.26. The summed E-state index contributed by atoms with van der Waals surface area (Å²) in [5, 5.41) is 15.2. The van der Waals surface area contributed by atoms with Crippen LogP contribution in [0.2, 0.25) is 0 Å². The number of aryl methyl sites for hydroxylation is 2. The summed E-state index contributed by atoms with van der Waals surface area (Å²) in [6.45, 7) is 2.83. The van der Waals surface area contributed by atoms with E-state index in [4.69, 9.17) is 12.2 Å². The van der Waals surface area contributed by atoms with Gasteiger partial charge in [-0.05, 0) is 30.3 Å². The molecule has 0 radical (unpaired) electrons. The summed E-state index contributed by atoms with van der Waals surface area (Å²) in [6.07, 6.45) is 3.78. The van der Waals surface area contributed by atoms with Crippen LogP contribution in [0.1, 0.15) is 11.1 Å². The summed E-state index contributed by atoms with van der Waals surface area (Å²) in [6, 6.07) is 12.0. The predicted octanol–water partition coefficient (Wildman–Crippen LogP) is 2.78. The van der Waals surface area contributed by atoms with Gasteiger partial charge in [-0.3, -0.25) is 9.36 Å². The van der Waals surface area contributed by atoms with Crippen molar-refractivity contribution in [1.29, 1.82) is 0 Å². The molecule has 23 heavy (non-hydrogen) atoms. The minimum absolute atomic E-state index is 0.463. The van der Waals surface area contributed by atoms with Gasteiger partial charge in [0.2, 0.25) is 0 Å². The van der Waals surface area contributed by atoms with Gasteiger partial charge in [-0.15, -0.1) is 0 Å². The fourth-order valence-corrected chi connectivity index (χ4v) is 2.43. The molecule has 0 fully saturated rings. The lowest BCUT2D eigenvalue weighted by atomic mass is 10.1. The first kappa shape index (κ1) is 15.2. The highest BCUT2D eigenvalue weighted by molar-refractivity contribution is 7.80. The Labute approximate surface area is 140 Å². The quantitative estimate of drug-likeness (QED) is 0.722. The van der Waals surface area contributed by atoms with Gasteiger partial charge in [0.05, 0.1) is 6.54 Å². The minimum Gasteiger partial charge on any atom is -0.316 e. The van der Waals surface area contributed by atoms with Gasteiger partial charge in [0.25, 0.3) is 0 Å². The van der Waals surface area contributed by atoms with Crippen molar-refractivity contribution >= 4 is 29.0 Å². The van der Waals surface area contributed by atoms with E-state index in [9.17, 15) is 0 Å². The normalized spacial score (nSPS) is 10.5. The Bertz CT molecular complexity index is 819. The molecule has 2 N–H and O–H groups in total. The van der Waals surface area contributed by atoms with Crippen LogP contribution in [-0.2, 0) is 13.6 Å². The Morgan fingerprint density at radius 2 is 1.74 bits per heavy atom. The van der Waals surface area contributed by atoms with Gasteiger partial charge in [0.1, 0.15) is 0 Å². The summed E-state index contributed by atoms with van der Waals surface area (Å²) in [4.78, 5) is 0. The molecule has 2 aromatic heterocycles. The van der Waals surface area contributed by atoms with Crippen LogP contribution < -0.4 is 10.6 Å². The summed E-state index contributed by atoms with van der Waals surface area (Å²) in [5.41, 5.74) is 2.50. The zero-order chi connectivity index (χ0) is 16.2. The molecule has 0 bridgehead atoms. The number of hydrogen-bond donors (Lipinski definition) is 2. The van der Waals surface area contributed by atoms with E-state index in [1.165, 1.54) is 11.1 Å². The van der Waals surface area contributed by atoms with Crippen LogP contribution in [0.3, 0.4) is 0 Å². The maximum absolute atomic E-state index is 5.27. The molecule has 0 aliphatic carbocycles. The van der Waals surface area contributed by atoms with Crippen LogP contribution in [0.4, 0.5) is 11.6 Å². The SMILES string of the molecule is Cc1ccccc1Cn1ccc(NC(=S)Nc2ccn(C)n2)n1. The second-order valence-corrected chi connectivity index (χ2v) is 5.69. The number of aromatic nitrogens is 4. The number of anilines is 2. The lowest BCUT2D eigenvalue weighted by Crippen LogP contribution is -2.20. The van der Waals surface area contributed by atoms with Gasteiger partial charge in [0.15, 0.2) is 16.7 Å². The van der Waals surface area contributed by atoms with Crippen LogP contribution in [-0.4, -0.2) is 24.7 Å². The van der Waals surface area contributed by atoms with Crippen molar-refractivity contribution in [3.63, 3.8) is 0 Å². The van der Waals surface area contributed by atoms with E-state index in [0.717, 1.165) is 6.54 Å². The third kappa shape index (κ3) is 3.95. The van der Waals surface area contributed by atoms with Crippen LogP contribution in [0.25, 0.3) is 0 Å². The Balaban J connectivity index is 1.61. The summed E-state index contributed by atoms with van der Waals surface area (Å²) in [7, 11) is 1.86. The van der Waals surface area contributed by atoms with Crippen LogP contribution >= 0.6 is 12.2 Å². The Kier molecular flexibility index (Phi) is 4.38. The van der Waals surface area contributed by atoms with Crippen LogP contribution in [0.15, 0.2) is 48.8 Å². The molecule has 2 heterocycles. The third-order valence-electron chi connectivity index (χ3n) is 3.43. The van der Waals surface area contributed by atoms with E-state index in [2.05, 4.69) is 39.9 Å². The lowest BCUT2D eigenvalue weighted by Gasteiger charge is -2.07. The Morgan fingerprint density at radius 1 is 1.04 bits per heavy atom. The number of thiocarbonyl (C=S) groups is 1. The zero-order valence-electron chi connectivity index (χ0n) is 13.0. The molecule has 118 valence electrons. The highest BCUT2D eigenvalue weighted by atomic mass is 32.1. The average Bonchev–Trinajstić information content (AvgIpc) is 3.11. The maximum atomic E-state index is 5.27. The van der Waals surface area contributed by atoms with E-state index in [0.29, 0.717) is 16.7 Å². The standard InChI is InChI=1S/C16H18N6S/c1-12-5-3-4-6-13(12)11-22-10-8-15(20-22)18-16(23)17-14-7-9-21(2)19-14/h3-10H,11H2,1-2H3,(H2,17,18,19,20,23). The molecule has 0 saturated heterocycles. The fourth-order valence-electron chi connectivity index (χ4n) is 2.22. The van der Waals surface area contributed by atoms with Crippen molar-refractivity contribution in [3.8, 4) is 0 Å². The van der Waals surface area contributed by atoms with Gasteiger partial charge >= 0.3 is 0 Å². The van der Waals surface area contributed by atoms with Gasteiger partial charge < -0.3 is 10.6 Å². The second kappa shape index (κ2) is 6.62. The molecular weight excluding hydrogens is 308 g/mol. The van der Waals surface area contributed by atoms with E-state index in [1.54, 1.807) is 4.68 Å². The second-order valence-electron chi connectivity index (χ2n) is 5.28. The first-order chi connectivity index (χ1) is 11.1. The highest BCUT2D eigenvalue weighted by Crippen LogP contribution is 2.11. The predicted molar refractivity (Wildman–Crippen MR) is 95.6 cm³/mol. The number of hydrogen-bond acceptors (Lipinski definition) is 3. The highest BCUT2D eigenvalue weighted by Gasteiger charge is 2.05. The monoisotopic (exact) mass is 326 g/mol. The largest absolute Gasteiger partial charge is 0.316 e. The van der Waals surface area contributed by atoms with E-state index in [-0.39, 0.29) is 0 Å². The van der Waals surface area contributed by atoms with Gasteiger partial charge in [-0.2, -0.15) is 10.2 Å². The van der Waals surface area contributed by atoms with Crippen molar-refractivity contribution < 1.29 is 0 Å².